The lowest BCUT2D eigenvalue weighted by atomic mass is 9.86. The van der Waals surface area contributed by atoms with Crippen molar-refractivity contribution in [3.8, 4) is 0 Å². The predicted octanol–water partition coefficient (Wildman–Crippen LogP) is 6.77. The van der Waals surface area contributed by atoms with Crippen molar-refractivity contribution in [3.63, 3.8) is 0 Å². The number of hydrogen-bond donors (Lipinski definition) is 1. The van der Waals surface area contributed by atoms with Crippen molar-refractivity contribution in [1.29, 1.82) is 0 Å². The van der Waals surface area contributed by atoms with Crippen molar-refractivity contribution >= 4 is 35.0 Å². The molecular weight excluding hydrogens is 488 g/mol. The molecule has 1 amide bonds. The Labute approximate surface area is 216 Å². The van der Waals surface area contributed by atoms with Crippen molar-refractivity contribution in [2.45, 2.75) is 71.6 Å². The van der Waals surface area contributed by atoms with Crippen LogP contribution in [0.3, 0.4) is 0 Å². The second kappa shape index (κ2) is 10.8. The molecule has 1 fully saturated rings. The normalized spacial score (nSPS) is 22.6. The first-order valence-electron chi connectivity index (χ1n) is 11.9. The topological polar surface area (TPSA) is 89.0 Å². The summed E-state index contributed by atoms with van der Waals surface area (Å²) >= 11 is 8.04. The number of thiazole rings is 1. The number of likely N-dealkylation sites (tertiary alicyclic amines) is 1. The maximum absolute atomic E-state index is 14.2. The van der Waals surface area contributed by atoms with Crippen LogP contribution in [0.2, 0.25) is 5.02 Å². The fourth-order valence-electron chi connectivity index (χ4n) is 5.02. The lowest BCUT2D eigenvalue weighted by Gasteiger charge is -2.40. The van der Waals surface area contributed by atoms with E-state index in [4.69, 9.17) is 21.1 Å². The first kappa shape index (κ1) is 27.4. The quantitative estimate of drug-likeness (QED) is 0.385. The van der Waals surface area contributed by atoms with Crippen LogP contribution in [-0.2, 0) is 14.9 Å². The van der Waals surface area contributed by atoms with Crippen molar-refractivity contribution < 1.29 is 24.2 Å². The molecule has 1 N–H and O–H groups in total. The summed E-state index contributed by atoms with van der Waals surface area (Å²) in [6.07, 6.45) is 0.944. The van der Waals surface area contributed by atoms with E-state index in [1.54, 1.807) is 23.2 Å². The van der Waals surface area contributed by atoms with Crippen LogP contribution in [-0.4, -0.2) is 46.0 Å². The minimum Gasteiger partial charge on any atom is -0.450 e. The molecule has 7 nitrogen and oxygen atoms in total. The molecule has 1 aliphatic heterocycles. The van der Waals surface area contributed by atoms with E-state index in [1.807, 2.05) is 32.2 Å². The zero-order valence-corrected chi connectivity index (χ0v) is 22.8. The maximum Gasteiger partial charge on any atom is 0.507 e. The Morgan fingerprint density at radius 2 is 2.06 bits per heavy atom. The predicted molar refractivity (Wildman–Crippen MR) is 137 cm³/mol. The first-order chi connectivity index (χ1) is 16.4. The molecule has 0 aliphatic carbocycles. The monoisotopic (exact) mass is 522 g/mol. The summed E-state index contributed by atoms with van der Waals surface area (Å²) in [6.45, 7) is 12.9. The number of nitrogens with zero attached hydrogens (tertiary/aromatic N) is 2. The third-order valence-corrected chi connectivity index (χ3v) is 7.39. The van der Waals surface area contributed by atoms with Gasteiger partial charge in [-0.3, -0.25) is 9.69 Å². The van der Waals surface area contributed by atoms with Crippen LogP contribution in [0.4, 0.5) is 4.79 Å². The van der Waals surface area contributed by atoms with Crippen LogP contribution in [0.15, 0.2) is 29.8 Å². The average Bonchev–Trinajstić information content (AvgIpc) is 3.36. The molecule has 1 aromatic heterocycles. The van der Waals surface area contributed by atoms with Gasteiger partial charge in [0.2, 0.25) is 0 Å². The van der Waals surface area contributed by atoms with E-state index < -0.39 is 17.9 Å². The Kier molecular flexibility index (Phi) is 8.50. The van der Waals surface area contributed by atoms with E-state index >= 15 is 0 Å². The molecule has 192 valence electrons. The number of carboxylic acid groups (broad SMARTS) is 1. The summed E-state index contributed by atoms with van der Waals surface area (Å²) in [5.74, 6) is -0.458. The van der Waals surface area contributed by atoms with E-state index in [9.17, 15) is 14.7 Å². The molecule has 1 aliphatic rings. The van der Waals surface area contributed by atoms with E-state index in [0.29, 0.717) is 36.6 Å². The maximum atomic E-state index is 14.2. The number of benzene rings is 1. The van der Waals surface area contributed by atoms with Gasteiger partial charge in [-0.1, -0.05) is 52.3 Å². The molecule has 1 aromatic carbocycles. The highest BCUT2D eigenvalue weighted by atomic mass is 35.5. The minimum atomic E-state index is -1.42. The summed E-state index contributed by atoms with van der Waals surface area (Å²) in [6, 6.07) is 4.79. The molecule has 0 saturated carbocycles. The van der Waals surface area contributed by atoms with Crippen LogP contribution < -0.4 is 0 Å². The molecule has 0 spiro atoms. The third-order valence-electron chi connectivity index (χ3n) is 6.23. The van der Waals surface area contributed by atoms with Crippen molar-refractivity contribution in [2.75, 3.05) is 13.2 Å². The van der Waals surface area contributed by atoms with Gasteiger partial charge in [0.05, 0.1) is 12.6 Å². The van der Waals surface area contributed by atoms with E-state index in [2.05, 4.69) is 25.8 Å². The van der Waals surface area contributed by atoms with Crippen LogP contribution in [0.25, 0.3) is 0 Å². The van der Waals surface area contributed by atoms with Gasteiger partial charge in [0.25, 0.3) is 5.91 Å². The zero-order chi connectivity index (χ0) is 26.0. The van der Waals surface area contributed by atoms with Crippen LogP contribution >= 0.6 is 22.9 Å². The van der Waals surface area contributed by atoms with Gasteiger partial charge in [-0.15, -0.1) is 11.3 Å². The summed E-state index contributed by atoms with van der Waals surface area (Å²) in [7, 11) is 0. The first-order valence-corrected chi connectivity index (χ1v) is 13.2. The van der Waals surface area contributed by atoms with Crippen LogP contribution in [0.1, 0.15) is 81.4 Å². The van der Waals surface area contributed by atoms with Gasteiger partial charge in [-0.05, 0) is 36.0 Å². The Morgan fingerprint density at radius 1 is 1.34 bits per heavy atom. The summed E-state index contributed by atoms with van der Waals surface area (Å²) in [5, 5.41) is 12.8. The van der Waals surface area contributed by atoms with Crippen molar-refractivity contribution in [2.24, 2.45) is 11.8 Å². The molecule has 0 unspecified atom stereocenters. The standard InChI is InChI=1S/C26H35ClN2O5S/c1-7-33-15-18-14-26(13-16(2)3,34-24(31)32)29(21(18)22-28-10-11-35-22)23(30)17-8-9-19(20(27)12-17)25(4,5)6/h8-12,16,18,21H,7,13-15H2,1-6H3,(H,31,32)/t18-,21-,26+/m1/s1. The number of amides is 1. The second-order valence-electron chi connectivity index (χ2n) is 10.5. The van der Waals surface area contributed by atoms with Gasteiger partial charge < -0.3 is 14.6 Å². The van der Waals surface area contributed by atoms with E-state index in [0.717, 1.165) is 10.6 Å². The molecule has 0 bridgehead atoms. The fourth-order valence-corrected chi connectivity index (χ4v) is 6.30. The smallest absolute Gasteiger partial charge is 0.450 e. The molecule has 1 saturated heterocycles. The highest BCUT2D eigenvalue weighted by molar-refractivity contribution is 7.09. The van der Waals surface area contributed by atoms with Crippen molar-refractivity contribution in [1.82, 2.24) is 9.88 Å². The summed E-state index contributed by atoms with van der Waals surface area (Å²) in [4.78, 5) is 32.2. The molecule has 0 radical (unpaired) electrons. The second-order valence-corrected chi connectivity index (χ2v) is 11.8. The fraction of sp³-hybridized carbons (Fsp3) is 0.577. The van der Waals surface area contributed by atoms with E-state index in [-0.39, 0.29) is 23.2 Å². The number of aromatic nitrogens is 1. The van der Waals surface area contributed by atoms with Gasteiger partial charge in [0.15, 0.2) is 5.72 Å². The van der Waals surface area contributed by atoms with Gasteiger partial charge in [0, 0.05) is 47.5 Å². The molecule has 9 heteroatoms. The minimum absolute atomic E-state index is 0.0688. The molecule has 2 heterocycles. The Morgan fingerprint density at radius 3 is 2.57 bits per heavy atom. The Hall–Kier alpha value is -2.16. The number of rotatable bonds is 8. The highest BCUT2D eigenvalue weighted by Crippen LogP contribution is 2.51. The zero-order valence-electron chi connectivity index (χ0n) is 21.2. The van der Waals surface area contributed by atoms with Crippen molar-refractivity contribution in [3.05, 3.63) is 50.9 Å². The Bertz CT molecular complexity index is 1040. The van der Waals surface area contributed by atoms with Gasteiger partial charge >= 0.3 is 6.16 Å². The van der Waals surface area contributed by atoms with Gasteiger partial charge in [0.1, 0.15) is 5.01 Å². The molecule has 2 aromatic rings. The number of carbonyl (C=O) groups is 2. The number of halogens is 1. The number of ether oxygens (including phenoxy) is 2. The Balaban J connectivity index is 2.17. The van der Waals surface area contributed by atoms with Gasteiger partial charge in [-0.2, -0.15) is 0 Å². The summed E-state index contributed by atoms with van der Waals surface area (Å²) < 4.78 is 11.4. The highest BCUT2D eigenvalue weighted by Gasteiger charge is 2.58. The number of hydrogen-bond acceptors (Lipinski definition) is 6. The lowest BCUT2D eigenvalue weighted by Crippen LogP contribution is -2.52. The molecular formula is C26H35ClN2O5S. The number of carbonyl (C=O) groups excluding carboxylic acids is 1. The van der Waals surface area contributed by atoms with Crippen LogP contribution in [0.5, 0.6) is 0 Å². The molecule has 35 heavy (non-hydrogen) atoms. The lowest BCUT2D eigenvalue weighted by molar-refractivity contribution is -0.108. The largest absolute Gasteiger partial charge is 0.507 e. The van der Waals surface area contributed by atoms with E-state index in [1.165, 1.54) is 11.3 Å². The molecule has 3 atom stereocenters. The SMILES string of the molecule is CCOC[C@H]1C[C@](CC(C)C)(OC(=O)O)N(C(=O)c2ccc(C(C)(C)C)c(Cl)c2)[C@H]1c1nccs1. The summed E-state index contributed by atoms with van der Waals surface area (Å²) in [5.41, 5.74) is -0.238. The molecule has 3 rings (SSSR count). The third kappa shape index (κ3) is 5.98. The van der Waals surface area contributed by atoms with Crippen LogP contribution in [0, 0.1) is 11.8 Å². The van der Waals surface area contributed by atoms with Gasteiger partial charge in [-0.25, -0.2) is 9.78 Å². The average molecular weight is 523 g/mol.